The average molecular weight is 403 g/mol. The Bertz CT molecular complexity index is 1120. The van der Waals surface area contributed by atoms with Gasteiger partial charge in [-0.1, -0.05) is 6.07 Å². The van der Waals surface area contributed by atoms with Crippen molar-refractivity contribution in [1.82, 2.24) is 40.0 Å². The average Bonchev–Trinajstić information content (AvgIpc) is 3.43. The van der Waals surface area contributed by atoms with Gasteiger partial charge in [-0.15, -0.1) is 10.2 Å². The number of H-pyrrole nitrogens is 1. The van der Waals surface area contributed by atoms with Crippen molar-refractivity contribution in [2.45, 2.75) is 19.5 Å². The smallest absolute Gasteiger partial charge is 0.251 e. The van der Waals surface area contributed by atoms with Crippen molar-refractivity contribution in [2.24, 2.45) is 7.05 Å². The SMILES string of the molecule is CC(NC(=O)c1cccc(NCc2nnc(-c3ccncn3)n2C)c1)c1c[nH]cn1. The Morgan fingerprint density at radius 2 is 2.13 bits per heavy atom. The van der Waals surface area contributed by atoms with E-state index in [0.29, 0.717) is 23.6 Å². The molecule has 0 aliphatic carbocycles. The number of carbonyl (C=O) groups is 1. The molecule has 3 heterocycles. The van der Waals surface area contributed by atoms with Crippen LogP contribution in [0.15, 0.2) is 55.4 Å². The summed E-state index contributed by atoms with van der Waals surface area (Å²) in [6.45, 7) is 2.34. The maximum Gasteiger partial charge on any atom is 0.251 e. The number of hydrogen-bond acceptors (Lipinski definition) is 7. The molecule has 0 aliphatic rings. The van der Waals surface area contributed by atoms with E-state index in [-0.39, 0.29) is 11.9 Å². The molecular weight excluding hydrogens is 382 g/mol. The highest BCUT2D eigenvalue weighted by molar-refractivity contribution is 5.95. The van der Waals surface area contributed by atoms with E-state index in [1.165, 1.54) is 6.33 Å². The first-order valence-corrected chi connectivity index (χ1v) is 9.40. The molecule has 0 bridgehead atoms. The fourth-order valence-electron chi connectivity index (χ4n) is 2.98. The van der Waals surface area contributed by atoms with E-state index in [4.69, 9.17) is 0 Å². The monoisotopic (exact) mass is 403 g/mol. The fourth-order valence-corrected chi connectivity index (χ4v) is 2.98. The molecule has 30 heavy (non-hydrogen) atoms. The van der Waals surface area contributed by atoms with E-state index in [1.54, 1.807) is 36.9 Å². The highest BCUT2D eigenvalue weighted by Crippen LogP contribution is 2.16. The first-order chi connectivity index (χ1) is 14.6. The van der Waals surface area contributed by atoms with E-state index >= 15 is 0 Å². The largest absolute Gasteiger partial charge is 0.378 e. The van der Waals surface area contributed by atoms with Crippen LogP contribution in [0.3, 0.4) is 0 Å². The highest BCUT2D eigenvalue weighted by atomic mass is 16.1. The van der Waals surface area contributed by atoms with Gasteiger partial charge in [-0.05, 0) is 31.2 Å². The number of nitrogens with one attached hydrogen (secondary N) is 3. The van der Waals surface area contributed by atoms with Gasteiger partial charge in [0.25, 0.3) is 5.91 Å². The number of amides is 1. The third-order valence-electron chi connectivity index (χ3n) is 4.66. The summed E-state index contributed by atoms with van der Waals surface area (Å²) in [5, 5.41) is 14.7. The number of rotatable bonds is 7. The Hall–Kier alpha value is -4.08. The summed E-state index contributed by atoms with van der Waals surface area (Å²) < 4.78 is 1.87. The van der Waals surface area contributed by atoms with Crippen LogP contribution in [0.1, 0.15) is 34.8 Å². The Kier molecular flexibility index (Phi) is 5.46. The summed E-state index contributed by atoms with van der Waals surface area (Å²) in [7, 11) is 1.88. The van der Waals surface area contributed by atoms with Gasteiger partial charge in [0.1, 0.15) is 12.0 Å². The number of nitrogens with zero attached hydrogens (tertiary/aromatic N) is 6. The van der Waals surface area contributed by atoms with Crippen molar-refractivity contribution < 1.29 is 4.79 Å². The van der Waals surface area contributed by atoms with Crippen LogP contribution in [-0.4, -0.2) is 40.6 Å². The van der Waals surface area contributed by atoms with Crippen LogP contribution in [0, 0.1) is 0 Å². The molecule has 1 atom stereocenters. The molecule has 0 saturated heterocycles. The van der Waals surface area contributed by atoms with Gasteiger partial charge in [0.2, 0.25) is 0 Å². The van der Waals surface area contributed by atoms with Gasteiger partial charge >= 0.3 is 0 Å². The van der Waals surface area contributed by atoms with Crippen molar-refractivity contribution in [3.05, 3.63) is 72.5 Å². The van der Waals surface area contributed by atoms with Crippen molar-refractivity contribution in [2.75, 3.05) is 5.32 Å². The predicted molar refractivity (Wildman–Crippen MR) is 110 cm³/mol. The summed E-state index contributed by atoms with van der Waals surface area (Å²) in [6.07, 6.45) is 6.49. The number of imidazole rings is 1. The minimum atomic E-state index is -0.195. The van der Waals surface area contributed by atoms with Crippen LogP contribution < -0.4 is 10.6 Å². The topological polar surface area (TPSA) is 126 Å². The summed E-state index contributed by atoms with van der Waals surface area (Å²) in [4.78, 5) is 27.8. The first-order valence-electron chi connectivity index (χ1n) is 9.40. The third-order valence-corrected chi connectivity index (χ3v) is 4.66. The lowest BCUT2D eigenvalue weighted by Gasteiger charge is -2.13. The Labute approximate surface area is 172 Å². The number of aromatic nitrogens is 7. The molecule has 0 fully saturated rings. The lowest BCUT2D eigenvalue weighted by Crippen LogP contribution is -2.26. The van der Waals surface area contributed by atoms with Crippen LogP contribution in [-0.2, 0) is 13.6 Å². The molecule has 10 nitrogen and oxygen atoms in total. The molecule has 3 aromatic heterocycles. The zero-order valence-corrected chi connectivity index (χ0v) is 16.6. The van der Waals surface area contributed by atoms with Gasteiger partial charge in [0, 0.05) is 30.7 Å². The minimum Gasteiger partial charge on any atom is -0.378 e. The maximum absolute atomic E-state index is 12.6. The van der Waals surface area contributed by atoms with Crippen LogP contribution in [0.5, 0.6) is 0 Å². The normalized spacial score (nSPS) is 11.8. The van der Waals surface area contributed by atoms with Crippen molar-refractivity contribution in [3.8, 4) is 11.5 Å². The van der Waals surface area contributed by atoms with E-state index in [2.05, 4.69) is 40.8 Å². The van der Waals surface area contributed by atoms with Gasteiger partial charge in [-0.2, -0.15) is 0 Å². The number of aromatic amines is 1. The molecule has 1 unspecified atom stereocenters. The predicted octanol–water partition coefficient (Wildman–Crippen LogP) is 2.10. The molecule has 4 rings (SSSR count). The van der Waals surface area contributed by atoms with Gasteiger partial charge in [-0.3, -0.25) is 4.79 Å². The Morgan fingerprint density at radius 1 is 1.23 bits per heavy atom. The van der Waals surface area contributed by atoms with Crippen molar-refractivity contribution in [3.63, 3.8) is 0 Å². The van der Waals surface area contributed by atoms with Crippen LogP contribution >= 0.6 is 0 Å². The summed E-state index contributed by atoms with van der Waals surface area (Å²) in [5.41, 5.74) is 2.85. The number of carbonyl (C=O) groups excluding carboxylic acids is 1. The molecule has 0 saturated carbocycles. The number of hydrogen-bond donors (Lipinski definition) is 3. The lowest BCUT2D eigenvalue weighted by atomic mass is 10.1. The summed E-state index contributed by atoms with van der Waals surface area (Å²) >= 11 is 0. The van der Waals surface area contributed by atoms with Gasteiger partial charge < -0.3 is 20.2 Å². The maximum atomic E-state index is 12.6. The third kappa shape index (κ3) is 4.17. The number of benzene rings is 1. The zero-order chi connectivity index (χ0) is 20.9. The molecule has 10 heteroatoms. The lowest BCUT2D eigenvalue weighted by molar-refractivity contribution is 0.0939. The second-order valence-electron chi connectivity index (χ2n) is 6.72. The van der Waals surface area contributed by atoms with Gasteiger partial charge in [0.05, 0.1) is 24.6 Å². The van der Waals surface area contributed by atoms with Gasteiger partial charge in [-0.25, -0.2) is 15.0 Å². The molecule has 3 N–H and O–H groups in total. The van der Waals surface area contributed by atoms with Crippen LogP contribution in [0.25, 0.3) is 11.5 Å². The second-order valence-corrected chi connectivity index (χ2v) is 6.72. The Morgan fingerprint density at radius 3 is 2.90 bits per heavy atom. The van der Waals surface area contributed by atoms with Crippen molar-refractivity contribution in [1.29, 1.82) is 0 Å². The van der Waals surface area contributed by atoms with Gasteiger partial charge in [0.15, 0.2) is 11.6 Å². The molecule has 1 amide bonds. The van der Waals surface area contributed by atoms with E-state index in [9.17, 15) is 4.79 Å². The molecule has 0 spiro atoms. The zero-order valence-electron chi connectivity index (χ0n) is 16.6. The Balaban J connectivity index is 1.41. The van der Waals surface area contributed by atoms with Crippen LogP contribution in [0.4, 0.5) is 5.69 Å². The minimum absolute atomic E-state index is 0.168. The number of anilines is 1. The summed E-state index contributed by atoms with van der Waals surface area (Å²) in [5.74, 6) is 1.24. The fraction of sp³-hybridized carbons (Fsp3) is 0.200. The molecule has 0 aliphatic heterocycles. The molecule has 152 valence electrons. The molecule has 4 aromatic rings. The molecular formula is C20H21N9O. The van der Waals surface area contributed by atoms with E-state index in [1.807, 2.05) is 30.7 Å². The molecule has 0 radical (unpaired) electrons. The summed E-state index contributed by atoms with van der Waals surface area (Å²) in [6, 6.07) is 8.89. The molecule has 1 aromatic carbocycles. The van der Waals surface area contributed by atoms with E-state index in [0.717, 1.165) is 17.2 Å². The van der Waals surface area contributed by atoms with Crippen molar-refractivity contribution >= 4 is 11.6 Å². The quantitative estimate of drug-likeness (QED) is 0.431. The standard InChI is InChI=1S/C20H21N9O/c1-13(17-9-22-12-25-17)26-20(30)14-4-3-5-15(8-14)23-10-18-27-28-19(29(18)2)16-6-7-21-11-24-16/h3-9,11-13,23H,10H2,1-2H3,(H,22,25)(H,26,30). The highest BCUT2D eigenvalue weighted by Gasteiger charge is 2.14. The first kappa shape index (κ1) is 19.2. The second kappa shape index (κ2) is 8.52. The van der Waals surface area contributed by atoms with Crippen LogP contribution in [0.2, 0.25) is 0 Å². The van der Waals surface area contributed by atoms with E-state index < -0.39 is 0 Å².